The first-order valence-corrected chi connectivity index (χ1v) is 5.27. The Labute approximate surface area is 109 Å². The van der Waals surface area contributed by atoms with E-state index < -0.39 is 12.2 Å². The molecule has 2 N–H and O–H groups in total. The minimum Gasteiger partial charge on any atom is -0.320 e. The molecule has 1 atom stereocenters. The van der Waals surface area contributed by atoms with Gasteiger partial charge in [-0.05, 0) is 22.8 Å². The Bertz CT molecular complexity index is 520. The fourth-order valence-electron chi connectivity index (χ4n) is 1.82. The molecule has 1 nitrogen and oxygen atoms in total. The minimum atomic E-state index is -4.35. The monoisotopic (exact) mass is 275 g/mol. The van der Waals surface area contributed by atoms with E-state index in [1.807, 2.05) is 30.3 Å². The first-order valence-electron chi connectivity index (χ1n) is 5.27. The van der Waals surface area contributed by atoms with Crippen molar-refractivity contribution in [3.63, 3.8) is 0 Å². The molecule has 5 heteroatoms. The second-order valence-electron chi connectivity index (χ2n) is 3.99. The Hall–Kier alpha value is -1.26. The molecule has 0 fully saturated rings. The van der Waals surface area contributed by atoms with Crippen LogP contribution in [0.1, 0.15) is 5.56 Å². The Morgan fingerprint density at radius 2 is 1.61 bits per heavy atom. The SMILES string of the molecule is Cl.NC(Cc1cccc2ccccc12)C(F)(F)F. The molecule has 98 valence electrons. The zero-order chi connectivity index (χ0) is 12.5. The molecular formula is C13H13ClF3N. The van der Waals surface area contributed by atoms with Gasteiger partial charge in [0.15, 0.2) is 0 Å². The lowest BCUT2D eigenvalue weighted by atomic mass is 9.99. The fourth-order valence-corrected chi connectivity index (χ4v) is 1.82. The third-order valence-electron chi connectivity index (χ3n) is 2.74. The molecule has 0 radical (unpaired) electrons. The quantitative estimate of drug-likeness (QED) is 0.889. The smallest absolute Gasteiger partial charge is 0.320 e. The number of fused-ring (bicyclic) bond motifs is 1. The van der Waals surface area contributed by atoms with Crippen LogP contribution in [0.2, 0.25) is 0 Å². The molecule has 0 aliphatic carbocycles. The highest BCUT2D eigenvalue weighted by Gasteiger charge is 2.36. The van der Waals surface area contributed by atoms with E-state index in [0.29, 0.717) is 5.56 Å². The molecule has 2 rings (SSSR count). The first-order chi connectivity index (χ1) is 7.98. The van der Waals surface area contributed by atoms with Crippen LogP contribution in [0.4, 0.5) is 13.2 Å². The number of hydrogen-bond acceptors (Lipinski definition) is 1. The number of rotatable bonds is 2. The summed E-state index contributed by atoms with van der Waals surface area (Å²) in [7, 11) is 0. The molecule has 0 heterocycles. The number of halogens is 4. The maximum Gasteiger partial charge on any atom is 0.403 e. The fraction of sp³-hybridized carbons (Fsp3) is 0.231. The van der Waals surface area contributed by atoms with Crippen LogP contribution in [0.15, 0.2) is 42.5 Å². The summed E-state index contributed by atoms with van der Waals surface area (Å²) in [6.07, 6.45) is -4.54. The van der Waals surface area contributed by atoms with E-state index >= 15 is 0 Å². The van der Waals surface area contributed by atoms with Crippen LogP contribution in [0, 0.1) is 0 Å². The van der Waals surface area contributed by atoms with Crippen molar-refractivity contribution in [1.82, 2.24) is 0 Å². The second kappa shape index (κ2) is 5.59. The highest BCUT2D eigenvalue weighted by molar-refractivity contribution is 5.86. The van der Waals surface area contributed by atoms with E-state index in [-0.39, 0.29) is 18.8 Å². The number of alkyl halides is 3. The van der Waals surface area contributed by atoms with Gasteiger partial charge >= 0.3 is 6.18 Å². The van der Waals surface area contributed by atoms with E-state index in [9.17, 15) is 13.2 Å². The van der Waals surface area contributed by atoms with Crippen molar-refractivity contribution in [3.05, 3.63) is 48.0 Å². The van der Waals surface area contributed by atoms with Crippen LogP contribution in [0.5, 0.6) is 0 Å². The Balaban J connectivity index is 0.00000162. The molecule has 0 bridgehead atoms. The van der Waals surface area contributed by atoms with E-state index in [1.54, 1.807) is 12.1 Å². The van der Waals surface area contributed by atoms with Gasteiger partial charge in [0.25, 0.3) is 0 Å². The van der Waals surface area contributed by atoms with Crippen LogP contribution in [0.3, 0.4) is 0 Å². The molecule has 2 aromatic rings. The Kier molecular flexibility index (Phi) is 4.59. The van der Waals surface area contributed by atoms with E-state index in [1.165, 1.54) is 0 Å². The van der Waals surface area contributed by atoms with Gasteiger partial charge in [0.1, 0.15) is 6.04 Å². The molecule has 18 heavy (non-hydrogen) atoms. The maximum absolute atomic E-state index is 12.4. The van der Waals surface area contributed by atoms with Gasteiger partial charge in [-0.3, -0.25) is 0 Å². The van der Waals surface area contributed by atoms with E-state index in [4.69, 9.17) is 5.73 Å². The summed E-state index contributed by atoms with van der Waals surface area (Å²) in [5.41, 5.74) is 5.78. The molecule has 0 spiro atoms. The van der Waals surface area contributed by atoms with Gasteiger partial charge in [-0.2, -0.15) is 13.2 Å². The van der Waals surface area contributed by atoms with E-state index in [0.717, 1.165) is 10.8 Å². The number of benzene rings is 2. The predicted octanol–water partition coefficient (Wildman–Crippen LogP) is 3.69. The maximum atomic E-state index is 12.4. The summed E-state index contributed by atoms with van der Waals surface area (Å²) >= 11 is 0. The molecular weight excluding hydrogens is 263 g/mol. The molecule has 0 saturated carbocycles. The third kappa shape index (κ3) is 3.15. The van der Waals surface area contributed by atoms with Gasteiger partial charge in [0.05, 0.1) is 0 Å². The third-order valence-corrected chi connectivity index (χ3v) is 2.74. The standard InChI is InChI=1S/C13H12F3N.ClH/c14-13(15,16)12(17)8-10-6-3-5-9-4-1-2-7-11(9)10;/h1-7,12H,8,17H2;1H. The van der Waals surface area contributed by atoms with Gasteiger partial charge in [0.2, 0.25) is 0 Å². The second-order valence-corrected chi connectivity index (χ2v) is 3.99. The van der Waals surface area contributed by atoms with Crippen molar-refractivity contribution in [3.8, 4) is 0 Å². The summed E-state index contributed by atoms with van der Waals surface area (Å²) in [5, 5.41) is 1.76. The average molecular weight is 276 g/mol. The van der Waals surface area contributed by atoms with Crippen molar-refractivity contribution in [2.24, 2.45) is 5.73 Å². The molecule has 0 saturated heterocycles. The van der Waals surface area contributed by atoms with Crippen LogP contribution in [-0.4, -0.2) is 12.2 Å². The van der Waals surface area contributed by atoms with Crippen molar-refractivity contribution in [2.75, 3.05) is 0 Å². The summed E-state index contributed by atoms with van der Waals surface area (Å²) in [5.74, 6) is 0. The highest BCUT2D eigenvalue weighted by atomic mass is 35.5. The summed E-state index contributed by atoms with van der Waals surface area (Å²) in [6, 6.07) is 10.9. The van der Waals surface area contributed by atoms with Crippen LogP contribution in [-0.2, 0) is 6.42 Å². The normalized spacial score (nSPS) is 13.1. The summed E-state index contributed by atoms with van der Waals surface area (Å²) in [6.45, 7) is 0. The van der Waals surface area contributed by atoms with Crippen molar-refractivity contribution in [1.29, 1.82) is 0 Å². The molecule has 0 amide bonds. The lowest BCUT2D eigenvalue weighted by Crippen LogP contribution is -2.39. The lowest BCUT2D eigenvalue weighted by Gasteiger charge is -2.16. The Morgan fingerprint density at radius 3 is 2.28 bits per heavy atom. The first kappa shape index (κ1) is 14.8. The number of hydrogen-bond donors (Lipinski definition) is 1. The number of nitrogens with two attached hydrogens (primary N) is 1. The largest absolute Gasteiger partial charge is 0.403 e. The van der Waals surface area contributed by atoms with Crippen LogP contribution in [0.25, 0.3) is 10.8 Å². The molecule has 1 unspecified atom stereocenters. The van der Waals surface area contributed by atoms with Gasteiger partial charge in [-0.1, -0.05) is 42.5 Å². The van der Waals surface area contributed by atoms with Crippen molar-refractivity contribution < 1.29 is 13.2 Å². The van der Waals surface area contributed by atoms with Gasteiger partial charge in [-0.15, -0.1) is 12.4 Å². The van der Waals surface area contributed by atoms with Crippen LogP contribution >= 0.6 is 12.4 Å². The molecule has 0 aromatic heterocycles. The van der Waals surface area contributed by atoms with Gasteiger partial charge < -0.3 is 5.73 Å². The van der Waals surface area contributed by atoms with Gasteiger partial charge in [0, 0.05) is 0 Å². The van der Waals surface area contributed by atoms with Gasteiger partial charge in [-0.25, -0.2) is 0 Å². The lowest BCUT2D eigenvalue weighted by molar-refractivity contribution is -0.147. The van der Waals surface area contributed by atoms with Crippen molar-refractivity contribution in [2.45, 2.75) is 18.6 Å². The summed E-state index contributed by atoms with van der Waals surface area (Å²) in [4.78, 5) is 0. The van der Waals surface area contributed by atoms with Crippen LogP contribution < -0.4 is 5.73 Å². The van der Waals surface area contributed by atoms with E-state index in [2.05, 4.69) is 0 Å². The average Bonchev–Trinajstić information content (AvgIpc) is 2.28. The molecule has 2 aromatic carbocycles. The Morgan fingerprint density at radius 1 is 1.00 bits per heavy atom. The highest BCUT2D eigenvalue weighted by Crippen LogP contribution is 2.25. The zero-order valence-corrected chi connectivity index (χ0v) is 10.3. The van der Waals surface area contributed by atoms with Crippen molar-refractivity contribution >= 4 is 23.2 Å². The summed E-state index contributed by atoms with van der Waals surface area (Å²) < 4.78 is 37.2. The zero-order valence-electron chi connectivity index (χ0n) is 9.45. The minimum absolute atomic E-state index is 0. The topological polar surface area (TPSA) is 26.0 Å². The predicted molar refractivity (Wildman–Crippen MR) is 68.9 cm³/mol. The molecule has 0 aliphatic heterocycles. The molecule has 0 aliphatic rings.